The summed E-state index contributed by atoms with van der Waals surface area (Å²) in [5.74, 6) is 2.28. The third-order valence-corrected chi connectivity index (χ3v) is 5.77. The average Bonchev–Trinajstić information content (AvgIpc) is 3.22. The summed E-state index contributed by atoms with van der Waals surface area (Å²) in [6.07, 6.45) is 1.85. The van der Waals surface area contributed by atoms with E-state index in [2.05, 4.69) is 15.3 Å². The number of nitrogens with one attached hydrogen (secondary N) is 2. The lowest BCUT2D eigenvalue weighted by Crippen LogP contribution is -2.16. The quantitative estimate of drug-likeness (QED) is 0.272. The highest BCUT2D eigenvalue weighted by Gasteiger charge is 2.11. The van der Waals surface area contributed by atoms with Crippen molar-refractivity contribution in [3.8, 4) is 11.5 Å². The number of aryl methyl sites for hydroxylation is 1. The van der Waals surface area contributed by atoms with Gasteiger partial charge >= 0.3 is 0 Å². The maximum absolute atomic E-state index is 6.51. The topological polar surface area (TPSA) is 59.2 Å². The van der Waals surface area contributed by atoms with E-state index in [9.17, 15) is 0 Å². The van der Waals surface area contributed by atoms with Gasteiger partial charge in [-0.3, -0.25) is 0 Å². The third-order valence-electron chi connectivity index (χ3n) is 5.16. The second-order valence-corrected chi connectivity index (χ2v) is 8.33. The van der Waals surface area contributed by atoms with Crippen LogP contribution >= 0.6 is 23.2 Å². The molecule has 0 radical (unpaired) electrons. The lowest BCUT2D eigenvalue weighted by molar-refractivity contribution is 0.284. The number of halogens is 2. The Hall–Kier alpha value is -2.73. The second kappa shape index (κ2) is 10.7. The fraction of sp³-hybridized carbons (Fsp3) is 0.240. The van der Waals surface area contributed by atoms with Crippen molar-refractivity contribution in [3.05, 3.63) is 87.7 Å². The molecule has 1 aromatic heterocycles. The summed E-state index contributed by atoms with van der Waals surface area (Å²) in [6.45, 7) is 1.90. The molecule has 7 heteroatoms. The van der Waals surface area contributed by atoms with Gasteiger partial charge in [0.05, 0.1) is 18.1 Å². The monoisotopic (exact) mass is 469 g/mol. The molecule has 0 bridgehead atoms. The van der Waals surface area contributed by atoms with Gasteiger partial charge in [-0.15, -0.1) is 0 Å². The van der Waals surface area contributed by atoms with Gasteiger partial charge in [-0.25, -0.2) is 4.98 Å². The van der Waals surface area contributed by atoms with E-state index < -0.39 is 0 Å². The molecule has 2 N–H and O–H groups in total. The van der Waals surface area contributed by atoms with E-state index in [1.165, 1.54) is 0 Å². The summed E-state index contributed by atoms with van der Waals surface area (Å²) in [6, 6.07) is 19.3. The predicted molar refractivity (Wildman–Crippen MR) is 130 cm³/mol. The first-order chi connectivity index (χ1) is 15.6. The number of methoxy groups -OCH3 is 1. The number of H-pyrrole nitrogens is 1. The molecule has 0 saturated heterocycles. The maximum atomic E-state index is 6.51. The molecule has 32 heavy (non-hydrogen) atoms. The molecule has 4 rings (SSSR count). The van der Waals surface area contributed by atoms with Crippen LogP contribution in [0.15, 0.2) is 60.7 Å². The molecule has 0 amide bonds. The molecule has 3 aromatic carbocycles. The van der Waals surface area contributed by atoms with Crippen molar-refractivity contribution in [1.82, 2.24) is 15.3 Å². The maximum Gasteiger partial charge on any atom is 0.163 e. The highest BCUT2D eigenvalue weighted by molar-refractivity contribution is 6.31. The van der Waals surface area contributed by atoms with Gasteiger partial charge in [-0.1, -0.05) is 47.5 Å². The summed E-state index contributed by atoms with van der Waals surface area (Å²) < 4.78 is 11.4. The minimum atomic E-state index is 0.406. The number of aromatic amines is 1. The fourth-order valence-corrected chi connectivity index (χ4v) is 3.80. The largest absolute Gasteiger partial charge is 0.493 e. The minimum Gasteiger partial charge on any atom is -0.493 e. The summed E-state index contributed by atoms with van der Waals surface area (Å²) in [5.41, 5.74) is 4.06. The van der Waals surface area contributed by atoms with Gasteiger partial charge in [-0.05, 0) is 54.4 Å². The van der Waals surface area contributed by atoms with Crippen LogP contribution in [0.5, 0.6) is 11.5 Å². The van der Waals surface area contributed by atoms with Gasteiger partial charge in [0.2, 0.25) is 0 Å². The Bertz CT molecular complexity index is 1140. The van der Waals surface area contributed by atoms with E-state index >= 15 is 0 Å². The van der Waals surface area contributed by atoms with Crippen molar-refractivity contribution in [2.45, 2.75) is 26.0 Å². The lowest BCUT2D eigenvalue weighted by atomic mass is 10.2. The summed E-state index contributed by atoms with van der Waals surface area (Å²) in [7, 11) is 1.63. The number of benzene rings is 3. The molecular weight excluding hydrogens is 445 g/mol. The van der Waals surface area contributed by atoms with Crippen LogP contribution in [0.25, 0.3) is 11.0 Å². The molecular formula is C25H25Cl2N3O2. The van der Waals surface area contributed by atoms with Crippen LogP contribution in [0.3, 0.4) is 0 Å². The molecule has 1 heterocycles. The molecule has 4 aromatic rings. The number of hydrogen-bond donors (Lipinski definition) is 2. The van der Waals surface area contributed by atoms with Gasteiger partial charge in [0.15, 0.2) is 11.5 Å². The van der Waals surface area contributed by atoms with Crippen LogP contribution in [0.1, 0.15) is 23.4 Å². The molecule has 5 nitrogen and oxygen atoms in total. The van der Waals surface area contributed by atoms with E-state index in [4.69, 9.17) is 32.7 Å². The zero-order chi connectivity index (χ0) is 22.3. The Kier molecular flexibility index (Phi) is 7.53. The number of para-hydroxylation sites is 2. The van der Waals surface area contributed by atoms with Crippen molar-refractivity contribution < 1.29 is 9.47 Å². The van der Waals surface area contributed by atoms with E-state index in [1.54, 1.807) is 7.11 Å². The minimum absolute atomic E-state index is 0.406. The molecule has 0 aliphatic heterocycles. The number of imidazole rings is 1. The first-order valence-corrected chi connectivity index (χ1v) is 11.3. The number of rotatable bonds is 10. The molecule has 0 aliphatic rings. The van der Waals surface area contributed by atoms with E-state index in [0.29, 0.717) is 34.7 Å². The number of aromatic nitrogens is 2. The van der Waals surface area contributed by atoms with Crippen molar-refractivity contribution >= 4 is 34.2 Å². The van der Waals surface area contributed by atoms with Crippen LogP contribution in [0.4, 0.5) is 0 Å². The fourth-order valence-electron chi connectivity index (χ4n) is 3.45. The molecule has 0 spiro atoms. The van der Waals surface area contributed by atoms with Gasteiger partial charge in [-0.2, -0.15) is 0 Å². The summed E-state index contributed by atoms with van der Waals surface area (Å²) >= 11 is 12.4. The predicted octanol–water partition coefficient (Wildman–Crippen LogP) is 6.18. The second-order valence-electron chi connectivity index (χ2n) is 7.49. The van der Waals surface area contributed by atoms with Crippen molar-refractivity contribution in [2.24, 2.45) is 0 Å². The third kappa shape index (κ3) is 5.74. The van der Waals surface area contributed by atoms with Crippen LogP contribution in [-0.2, 0) is 19.6 Å². The summed E-state index contributed by atoms with van der Waals surface area (Å²) in [4.78, 5) is 7.98. The van der Waals surface area contributed by atoms with Gasteiger partial charge in [0.1, 0.15) is 12.4 Å². The number of hydrogen-bond acceptors (Lipinski definition) is 4. The number of fused-ring (bicyclic) bond motifs is 1. The first-order valence-electron chi connectivity index (χ1n) is 10.5. The van der Waals surface area contributed by atoms with Crippen molar-refractivity contribution in [3.63, 3.8) is 0 Å². The van der Waals surface area contributed by atoms with Crippen LogP contribution in [-0.4, -0.2) is 23.6 Å². The van der Waals surface area contributed by atoms with E-state index in [1.807, 2.05) is 60.7 Å². The van der Waals surface area contributed by atoms with Crippen molar-refractivity contribution in [1.29, 1.82) is 0 Å². The van der Waals surface area contributed by atoms with E-state index in [0.717, 1.165) is 47.4 Å². The Morgan fingerprint density at radius 3 is 2.59 bits per heavy atom. The zero-order valence-corrected chi connectivity index (χ0v) is 19.3. The Morgan fingerprint density at radius 1 is 1.00 bits per heavy atom. The highest BCUT2D eigenvalue weighted by atomic mass is 35.5. The average molecular weight is 470 g/mol. The van der Waals surface area contributed by atoms with Crippen molar-refractivity contribution in [2.75, 3.05) is 13.7 Å². The lowest BCUT2D eigenvalue weighted by Gasteiger charge is -2.14. The first kappa shape index (κ1) is 22.5. The smallest absolute Gasteiger partial charge is 0.163 e. The molecule has 166 valence electrons. The summed E-state index contributed by atoms with van der Waals surface area (Å²) in [5, 5.41) is 4.78. The normalized spacial score (nSPS) is 11.1. The van der Waals surface area contributed by atoms with Gasteiger partial charge in [0.25, 0.3) is 0 Å². The Morgan fingerprint density at radius 2 is 1.81 bits per heavy atom. The van der Waals surface area contributed by atoms with Gasteiger partial charge in [0, 0.05) is 29.1 Å². The van der Waals surface area contributed by atoms with Crippen LogP contribution in [0.2, 0.25) is 10.0 Å². The number of nitrogens with zero attached hydrogens (tertiary/aromatic N) is 1. The molecule has 0 unspecified atom stereocenters. The standard InChI is InChI=1S/C25H25Cl2N3O2/c1-31-23-13-18(20(27)14-24(23)32-16-17-8-10-19(26)11-9-17)15-28-12-4-7-25-29-21-5-2-3-6-22(21)30-25/h2-3,5-6,8-11,13-14,28H,4,7,12,15-16H2,1H3,(H,29,30). The molecule has 0 atom stereocenters. The Labute approximate surface area is 197 Å². The SMILES string of the molecule is COc1cc(CNCCCc2nc3ccccc3[nH]2)c(Cl)cc1OCc1ccc(Cl)cc1. The molecule has 0 aliphatic carbocycles. The van der Waals surface area contributed by atoms with E-state index in [-0.39, 0.29) is 0 Å². The van der Waals surface area contributed by atoms with Gasteiger partial charge < -0.3 is 19.8 Å². The van der Waals surface area contributed by atoms with Crippen LogP contribution < -0.4 is 14.8 Å². The highest BCUT2D eigenvalue weighted by Crippen LogP contribution is 2.34. The zero-order valence-electron chi connectivity index (χ0n) is 17.8. The molecule has 0 saturated carbocycles. The Balaban J connectivity index is 1.28. The van der Waals surface area contributed by atoms with Crippen LogP contribution in [0, 0.1) is 0 Å². The molecule has 0 fully saturated rings. The number of ether oxygens (including phenoxy) is 2.